The van der Waals surface area contributed by atoms with Crippen LogP contribution in [0.5, 0.6) is 5.75 Å². The summed E-state index contributed by atoms with van der Waals surface area (Å²) in [5.41, 5.74) is 3.06. The van der Waals surface area contributed by atoms with Crippen molar-refractivity contribution in [2.45, 2.75) is 40.2 Å². The van der Waals surface area contributed by atoms with Gasteiger partial charge in [-0.1, -0.05) is 25.1 Å². The van der Waals surface area contributed by atoms with Crippen LogP contribution in [0.25, 0.3) is 11.3 Å². The summed E-state index contributed by atoms with van der Waals surface area (Å²) in [5, 5.41) is 3.55. The van der Waals surface area contributed by atoms with Gasteiger partial charge in [0.25, 0.3) is 0 Å². The summed E-state index contributed by atoms with van der Waals surface area (Å²) in [6.07, 6.45) is 3.03. The molecule has 192 valence electrons. The first-order chi connectivity index (χ1) is 17.5. The van der Waals surface area contributed by atoms with Gasteiger partial charge in [-0.05, 0) is 51.0 Å². The number of aromatic nitrogens is 3. The molecule has 8 heteroatoms. The minimum Gasteiger partial charge on any atom is -0.491 e. The smallest absolute Gasteiger partial charge is 0.228 e. The molecular weight excluding hydrogens is 452 g/mol. The van der Waals surface area contributed by atoms with E-state index in [1.165, 1.54) is 5.56 Å². The molecule has 2 aromatic heterocycles. The Morgan fingerprint density at radius 1 is 1.08 bits per heavy atom. The number of pyridine rings is 1. The minimum atomic E-state index is 0.112. The van der Waals surface area contributed by atoms with Crippen molar-refractivity contribution in [3.8, 4) is 17.0 Å². The van der Waals surface area contributed by atoms with Crippen LogP contribution in [0.2, 0.25) is 0 Å². The fourth-order valence-corrected chi connectivity index (χ4v) is 4.30. The molecule has 1 saturated heterocycles. The van der Waals surface area contributed by atoms with E-state index in [1.807, 2.05) is 50.4 Å². The van der Waals surface area contributed by atoms with Crippen molar-refractivity contribution in [3.05, 3.63) is 54.2 Å². The predicted molar refractivity (Wildman–Crippen MR) is 146 cm³/mol. The highest BCUT2D eigenvalue weighted by atomic mass is 16.5. The Morgan fingerprint density at radius 3 is 2.67 bits per heavy atom. The predicted octanol–water partition coefficient (Wildman–Crippen LogP) is 4.80. The highest BCUT2D eigenvalue weighted by Gasteiger charge is 2.17. The van der Waals surface area contributed by atoms with Crippen molar-refractivity contribution < 1.29 is 9.47 Å². The molecule has 0 amide bonds. The summed E-state index contributed by atoms with van der Waals surface area (Å²) in [5.74, 6) is 3.41. The first kappa shape index (κ1) is 25.7. The largest absolute Gasteiger partial charge is 0.491 e. The highest BCUT2D eigenvalue weighted by Crippen LogP contribution is 2.27. The molecule has 0 saturated carbocycles. The number of nitrogens with zero attached hydrogens (tertiary/aromatic N) is 5. The topological polar surface area (TPSA) is 75.6 Å². The summed E-state index contributed by atoms with van der Waals surface area (Å²) < 4.78 is 11.5. The van der Waals surface area contributed by atoms with Crippen LogP contribution >= 0.6 is 0 Å². The average Bonchev–Trinajstić information content (AvgIpc) is 2.89. The summed E-state index contributed by atoms with van der Waals surface area (Å²) in [4.78, 5) is 18.9. The molecule has 3 aromatic rings. The lowest BCUT2D eigenvalue weighted by Gasteiger charge is -2.28. The molecule has 1 N–H and O–H groups in total. The van der Waals surface area contributed by atoms with Crippen LogP contribution in [0.15, 0.2) is 48.7 Å². The molecule has 1 fully saturated rings. The van der Waals surface area contributed by atoms with E-state index in [0.29, 0.717) is 13.2 Å². The monoisotopic (exact) mass is 490 g/mol. The first-order valence-corrected chi connectivity index (χ1v) is 12.9. The van der Waals surface area contributed by atoms with Crippen LogP contribution in [0.1, 0.15) is 32.8 Å². The van der Waals surface area contributed by atoms with Gasteiger partial charge >= 0.3 is 0 Å². The second-order valence-corrected chi connectivity index (χ2v) is 9.29. The number of rotatable bonds is 11. The fourth-order valence-electron chi connectivity index (χ4n) is 4.30. The number of benzene rings is 1. The number of anilines is 3. The molecular formula is C28H38N6O2. The Morgan fingerprint density at radius 2 is 1.92 bits per heavy atom. The van der Waals surface area contributed by atoms with Crippen molar-refractivity contribution in [2.75, 3.05) is 61.1 Å². The Hall–Kier alpha value is -3.39. The van der Waals surface area contributed by atoms with Gasteiger partial charge in [-0.25, -0.2) is 9.97 Å². The maximum absolute atomic E-state index is 5.92. The van der Waals surface area contributed by atoms with Crippen LogP contribution in [-0.2, 0) is 4.74 Å². The van der Waals surface area contributed by atoms with Crippen molar-refractivity contribution >= 4 is 17.6 Å². The van der Waals surface area contributed by atoms with Crippen molar-refractivity contribution in [3.63, 3.8) is 0 Å². The van der Waals surface area contributed by atoms with E-state index in [9.17, 15) is 0 Å². The molecule has 1 aromatic carbocycles. The summed E-state index contributed by atoms with van der Waals surface area (Å²) in [7, 11) is 0. The van der Waals surface area contributed by atoms with Gasteiger partial charge < -0.3 is 24.6 Å². The minimum absolute atomic E-state index is 0.112. The van der Waals surface area contributed by atoms with E-state index in [1.54, 1.807) is 0 Å². The molecule has 1 aliphatic rings. The van der Waals surface area contributed by atoms with Crippen molar-refractivity contribution in [1.29, 1.82) is 0 Å². The van der Waals surface area contributed by atoms with E-state index in [4.69, 9.17) is 19.4 Å². The molecule has 4 rings (SSSR count). The van der Waals surface area contributed by atoms with E-state index in [2.05, 4.69) is 46.1 Å². The van der Waals surface area contributed by atoms with E-state index < -0.39 is 0 Å². The van der Waals surface area contributed by atoms with Gasteiger partial charge in [-0.3, -0.25) is 0 Å². The van der Waals surface area contributed by atoms with Crippen molar-refractivity contribution in [1.82, 2.24) is 15.0 Å². The highest BCUT2D eigenvalue weighted by molar-refractivity contribution is 5.66. The Bertz CT molecular complexity index is 1120. The standard InChI is InChI=1S/C28H38N6O2/c1-5-13-33(27-22(4)8-7-11-30-27)14-12-29-26-20-25(23-9-6-10-24(19-23)36-21(2)3)31-28(32-26)34-15-17-35-18-16-34/h6-11,19-21H,5,12-18H2,1-4H3,(H,29,31,32). The molecule has 3 heterocycles. The number of nitrogens with one attached hydrogen (secondary N) is 1. The number of morpholine rings is 1. The first-order valence-electron chi connectivity index (χ1n) is 12.9. The van der Waals surface area contributed by atoms with Crippen molar-refractivity contribution in [2.24, 2.45) is 0 Å². The molecule has 0 atom stereocenters. The lowest BCUT2D eigenvalue weighted by Crippen LogP contribution is -2.37. The molecule has 0 spiro atoms. The maximum Gasteiger partial charge on any atom is 0.228 e. The van der Waals surface area contributed by atoms with Crippen LogP contribution < -0.4 is 19.9 Å². The van der Waals surface area contributed by atoms with E-state index >= 15 is 0 Å². The molecule has 0 radical (unpaired) electrons. The second kappa shape index (κ2) is 12.5. The third kappa shape index (κ3) is 6.85. The SMILES string of the molecule is CCCN(CCNc1cc(-c2cccc(OC(C)C)c2)nc(N2CCOCC2)n1)c1ncccc1C. The number of hydrogen-bond acceptors (Lipinski definition) is 8. The Labute approximate surface area is 214 Å². The van der Waals surface area contributed by atoms with Gasteiger partial charge in [0.2, 0.25) is 5.95 Å². The van der Waals surface area contributed by atoms with Crippen LogP contribution in [-0.4, -0.2) is 67.0 Å². The molecule has 0 bridgehead atoms. The van der Waals surface area contributed by atoms with Crippen LogP contribution in [0.4, 0.5) is 17.6 Å². The molecule has 36 heavy (non-hydrogen) atoms. The zero-order valence-electron chi connectivity index (χ0n) is 21.9. The van der Waals surface area contributed by atoms with Gasteiger partial charge in [0.05, 0.1) is 25.0 Å². The third-order valence-electron chi connectivity index (χ3n) is 5.97. The quantitative estimate of drug-likeness (QED) is 0.411. The maximum atomic E-state index is 5.92. The summed E-state index contributed by atoms with van der Waals surface area (Å²) >= 11 is 0. The Balaban J connectivity index is 1.56. The zero-order chi connectivity index (χ0) is 25.3. The third-order valence-corrected chi connectivity index (χ3v) is 5.97. The van der Waals surface area contributed by atoms with Gasteiger partial charge in [-0.2, -0.15) is 4.98 Å². The van der Waals surface area contributed by atoms with Gasteiger partial charge in [0.1, 0.15) is 17.4 Å². The normalized spacial score (nSPS) is 13.6. The van der Waals surface area contributed by atoms with Gasteiger partial charge in [0.15, 0.2) is 0 Å². The van der Waals surface area contributed by atoms with E-state index in [0.717, 1.165) is 73.7 Å². The number of hydrogen-bond donors (Lipinski definition) is 1. The van der Waals surface area contributed by atoms with E-state index in [-0.39, 0.29) is 6.10 Å². The molecule has 1 aliphatic heterocycles. The summed E-state index contributed by atoms with van der Waals surface area (Å²) in [6.45, 7) is 13.8. The fraction of sp³-hybridized carbons (Fsp3) is 0.464. The molecule has 8 nitrogen and oxygen atoms in total. The Kier molecular flexibility index (Phi) is 8.95. The second-order valence-electron chi connectivity index (χ2n) is 9.29. The molecule has 0 unspecified atom stereocenters. The number of aryl methyl sites for hydroxylation is 1. The van der Waals surface area contributed by atoms with Gasteiger partial charge in [0, 0.05) is 50.6 Å². The van der Waals surface area contributed by atoms with Crippen LogP contribution in [0.3, 0.4) is 0 Å². The van der Waals surface area contributed by atoms with Gasteiger partial charge in [-0.15, -0.1) is 0 Å². The average molecular weight is 491 g/mol. The molecule has 0 aliphatic carbocycles. The summed E-state index contributed by atoms with van der Waals surface area (Å²) in [6, 6.07) is 14.2. The number of ether oxygens (including phenoxy) is 2. The van der Waals surface area contributed by atoms with Crippen LogP contribution in [0, 0.1) is 6.92 Å². The lowest BCUT2D eigenvalue weighted by molar-refractivity contribution is 0.122. The lowest BCUT2D eigenvalue weighted by atomic mass is 10.1. The zero-order valence-corrected chi connectivity index (χ0v) is 21.9.